The number of carbonyl (C=O) groups excluding carboxylic acids is 1. The van der Waals surface area contributed by atoms with Gasteiger partial charge in [0.15, 0.2) is 11.5 Å². The molecular formula is C26H28N2O6. The minimum Gasteiger partial charge on any atom is -0.493 e. The topological polar surface area (TPSA) is 107 Å². The molecule has 1 aromatic heterocycles. The van der Waals surface area contributed by atoms with Crippen molar-refractivity contribution in [1.29, 1.82) is 0 Å². The molecule has 1 amide bonds. The van der Waals surface area contributed by atoms with E-state index >= 15 is 0 Å². The van der Waals surface area contributed by atoms with Crippen molar-refractivity contribution in [2.24, 2.45) is 5.41 Å². The van der Waals surface area contributed by atoms with Gasteiger partial charge in [-0.15, -0.1) is 0 Å². The van der Waals surface area contributed by atoms with Crippen LogP contribution in [0.3, 0.4) is 0 Å². The molecule has 0 radical (unpaired) electrons. The van der Waals surface area contributed by atoms with Gasteiger partial charge >= 0.3 is 5.97 Å². The SMILES string of the molecule is CCCC(NC(=O)C1(C(=O)O)CC1)c1ccc(Oc2ccnc3cc(OC)c(OC)cc23)cc1. The Morgan fingerprint density at radius 3 is 2.32 bits per heavy atom. The Labute approximate surface area is 197 Å². The lowest BCUT2D eigenvalue weighted by atomic mass is 9.99. The van der Waals surface area contributed by atoms with Gasteiger partial charge < -0.3 is 24.6 Å². The fourth-order valence-corrected chi connectivity index (χ4v) is 4.00. The average molecular weight is 465 g/mol. The number of ether oxygens (including phenoxy) is 3. The number of amides is 1. The number of methoxy groups -OCH3 is 2. The van der Waals surface area contributed by atoms with E-state index < -0.39 is 17.3 Å². The van der Waals surface area contributed by atoms with Gasteiger partial charge in [-0.2, -0.15) is 0 Å². The second-order valence-electron chi connectivity index (χ2n) is 8.41. The van der Waals surface area contributed by atoms with Crippen LogP contribution in [0.2, 0.25) is 0 Å². The minimum atomic E-state index is -1.26. The first-order valence-corrected chi connectivity index (χ1v) is 11.2. The summed E-state index contributed by atoms with van der Waals surface area (Å²) >= 11 is 0. The summed E-state index contributed by atoms with van der Waals surface area (Å²) in [6.45, 7) is 2.03. The number of aliphatic carboxylic acids is 1. The summed E-state index contributed by atoms with van der Waals surface area (Å²) in [5, 5.41) is 13.1. The molecule has 2 aromatic carbocycles. The molecule has 1 saturated carbocycles. The largest absolute Gasteiger partial charge is 0.493 e. The zero-order valence-electron chi connectivity index (χ0n) is 19.5. The van der Waals surface area contributed by atoms with Gasteiger partial charge in [-0.1, -0.05) is 25.5 Å². The van der Waals surface area contributed by atoms with Crippen LogP contribution >= 0.6 is 0 Å². The molecule has 34 heavy (non-hydrogen) atoms. The number of pyridine rings is 1. The molecular weight excluding hydrogens is 436 g/mol. The minimum absolute atomic E-state index is 0.262. The van der Waals surface area contributed by atoms with Crippen molar-refractivity contribution in [3.63, 3.8) is 0 Å². The first kappa shape index (κ1) is 23.4. The third-order valence-electron chi connectivity index (χ3n) is 6.19. The molecule has 1 fully saturated rings. The van der Waals surface area contributed by atoms with Gasteiger partial charge in [-0.25, -0.2) is 0 Å². The molecule has 0 aliphatic heterocycles. The van der Waals surface area contributed by atoms with Crippen molar-refractivity contribution in [2.45, 2.75) is 38.6 Å². The van der Waals surface area contributed by atoms with Crippen LogP contribution in [0.1, 0.15) is 44.2 Å². The summed E-state index contributed by atoms with van der Waals surface area (Å²) < 4.78 is 16.9. The van der Waals surface area contributed by atoms with E-state index in [1.165, 1.54) is 0 Å². The number of carboxylic acids is 1. The molecule has 0 saturated heterocycles. The van der Waals surface area contributed by atoms with Crippen molar-refractivity contribution in [3.05, 3.63) is 54.2 Å². The van der Waals surface area contributed by atoms with Gasteiger partial charge in [0.2, 0.25) is 5.91 Å². The second-order valence-corrected chi connectivity index (χ2v) is 8.41. The van der Waals surface area contributed by atoms with Crippen LogP contribution in [0.15, 0.2) is 48.7 Å². The fraction of sp³-hybridized carbons (Fsp3) is 0.346. The van der Waals surface area contributed by atoms with Gasteiger partial charge in [0.05, 0.1) is 25.8 Å². The van der Waals surface area contributed by atoms with Crippen LogP contribution in [-0.2, 0) is 9.59 Å². The van der Waals surface area contributed by atoms with Gasteiger partial charge in [0.25, 0.3) is 0 Å². The molecule has 1 aliphatic carbocycles. The highest BCUT2D eigenvalue weighted by Gasteiger charge is 2.57. The quantitative estimate of drug-likeness (QED) is 0.412. The lowest BCUT2D eigenvalue weighted by Crippen LogP contribution is -2.39. The first-order valence-electron chi connectivity index (χ1n) is 11.2. The van der Waals surface area contributed by atoms with Crippen LogP contribution in [-0.4, -0.2) is 36.2 Å². The maximum Gasteiger partial charge on any atom is 0.319 e. The highest BCUT2D eigenvalue weighted by atomic mass is 16.5. The molecule has 8 nitrogen and oxygen atoms in total. The van der Waals surface area contributed by atoms with Crippen molar-refractivity contribution in [2.75, 3.05) is 14.2 Å². The van der Waals surface area contributed by atoms with E-state index in [-0.39, 0.29) is 6.04 Å². The second kappa shape index (κ2) is 9.59. The molecule has 0 spiro atoms. The van der Waals surface area contributed by atoms with E-state index in [1.54, 1.807) is 32.5 Å². The number of fused-ring (bicyclic) bond motifs is 1. The highest BCUT2D eigenvalue weighted by molar-refractivity contribution is 6.05. The summed E-state index contributed by atoms with van der Waals surface area (Å²) in [4.78, 5) is 28.5. The fourth-order valence-electron chi connectivity index (χ4n) is 4.00. The molecule has 0 bridgehead atoms. The number of hydrogen-bond donors (Lipinski definition) is 2. The van der Waals surface area contributed by atoms with Crippen LogP contribution in [0.4, 0.5) is 0 Å². The number of carbonyl (C=O) groups is 2. The molecule has 3 aromatic rings. The zero-order chi connectivity index (χ0) is 24.3. The van der Waals surface area contributed by atoms with Crippen LogP contribution in [0.5, 0.6) is 23.0 Å². The monoisotopic (exact) mass is 464 g/mol. The Morgan fingerprint density at radius 2 is 1.74 bits per heavy atom. The Hall–Kier alpha value is -3.81. The molecule has 2 N–H and O–H groups in total. The molecule has 1 atom stereocenters. The standard InChI is InChI=1S/C26H28N2O6/c1-4-5-19(28-24(29)26(11-12-26)25(30)31)16-6-8-17(9-7-16)34-21-10-13-27-20-15-23(33-3)22(32-2)14-18(20)21/h6-10,13-15,19H,4-5,11-12H2,1-3H3,(H,28,29)(H,30,31). The van der Waals surface area contributed by atoms with E-state index in [9.17, 15) is 14.7 Å². The maximum atomic E-state index is 12.6. The lowest BCUT2D eigenvalue weighted by Gasteiger charge is -2.21. The third-order valence-corrected chi connectivity index (χ3v) is 6.19. The van der Waals surface area contributed by atoms with Crippen molar-refractivity contribution in [1.82, 2.24) is 10.3 Å². The first-order chi connectivity index (χ1) is 16.4. The Morgan fingerprint density at radius 1 is 1.06 bits per heavy atom. The zero-order valence-corrected chi connectivity index (χ0v) is 19.5. The Bertz CT molecular complexity index is 1200. The summed E-state index contributed by atoms with van der Waals surface area (Å²) in [7, 11) is 3.15. The smallest absolute Gasteiger partial charge is 0.319 e. The highest BCUT2D eigenvalue weighted by Crippen LogP contribution is 2.46. The Balaban J connectivity index is 1.54. The van der Waals surface area contributed by atoms with Crippen LogP contribution in [0, 0.1) is 5.41 Å². The number of aromatic nitrogens is 1. The van der Waals surface area contributed by atoms with Gasteiger partial charge in [0.1, 0.15) is 16.9 Å². The summed E-state index contributed by atoms with van der Waals surface area (Å²) in [5.74, 6) is 0.945. The predicted molar refractivity (Wildman–Crippen MR) is 126 cm³/mol. The summed E-state index contributed by atoms with van der Waals surface area (Å²) in [6.07, 6.45) is 3.99. The number of nitrogens with zero attached hydrogens (tertiary/aromatic N) is 1. The van der Waals surface area contributed by atoms with E-state index in [0.717, 1.165) is 17.4 Å². The number of nitrogens with one attached hydrogen (secondary N) is 1. The summed E-state index contributed by atoms with van der Waals surface area (Å²) in [6, 6.07) is 12.6. The molecule has 1 heterocycles. The molecule has 1 aliphatic rings. The van der Waals surface area contributed by atoms with Crippen molar-refractivity contribution in [3.8, 4) is 23.0 Å². The maximum absolute atomic E-state index is 12.6. The molecule has 8 heteroatoms. The van der Waals surface area contributed by atoms with Gasteiger partial charge in [-0.05, 0) is 49.1 Å². The normalized spacial score (nSPS) is 14.8. The number of hydrogen-bond acceptors (Lipinski definition) is 6. The number of benzene rings is 2. The average Bonchev–Trinajstić information content (AvgIpc) is 3.66. The van der Waals surface area contributed by atoms with Crippen LogP contribution < -0.4 is 19.5 Å². The van der Waals surface area contributed by atoms with Crippen molar-refractivity contribution < 1.29 is 28.9 Å². The molecule has 1 unspecified atom stereocenters. The third kappa shape index (κ3) is 4.48. The van der Waals surface area contributed by atoms with Gasteiger partial charge in [0, 0.05) is 17.6 Å². The Kier molecular flexibility index (Phi) is 6.58. The van der Waals surface area contributed by atoms with E-state index in [2.05, 4.69) is 10.3 Å². The van der Waals surface area contributed by atoms with Crippen molar-refractivity contribution >= 4 is 22.8 Å². The van der Waals surface area contributed by atoms with E-state index in [0.29, 0.717) is 47.8 Å². The predicted octanol–water partition coefficient (Wildman–Crippen LogP) is 4.87. The lowest BCUT2D eigenvalue weighted by molar-refractivity contribution is -0.149. The van der Waals surface area contributed by atoms with Gasteiger partial charge in [-0.3, -0.25) is 14.6 Å². The number of carboxylic acid groups (broad SMARTS) is 1. The number of rotatable bonds is 10. The van der Waals surface area contributed by atoms with E-state index in [4.69, 9.17) is 14.2 Å². The van der Waals surface area contributed by atoms with E-state index in [1.807, 2.05) is 37.3 Å². The molecule has 178 valence electrons. The van der Waals surface area contributed by atoms with Crippen LogP contribution in [0.25, 0.3) is 10.9 Å². The summed E-state index contributed by atoms with van der Waals surface area (Å²) in [5.41, 5.74) is 0.348. The molecule has 4 rings (SSSR count).